The number of carbonyl (C=O) groups is 3. The summed E-state index contributed by atoms with van der Waals surface area (Å²) in [6, 6.07) is 15.8. The first-order valence-corrected chi connectivity index (χ1v) is 10.6. The van der Waals surface area contributed by atoms with Gasteiger partial charge >= 0.3 is 6.03 Å². The van der Waals surface area contributed by atoms with Gasteiger partial charge in [-0.1, -0.05) is 30.3 Å². The highest BCUT2D eigenvalue weighted by Crippen LogP contribution is 2.35. The van der Waals surface area contributed by atoms with Crippen LogP contribution in [0, 0.1) is 13.8 Å². The lowest BCUT2D eigenvalue weighted by atomic mass is 9.92. The number of nitrogens with one attached hydrogen (secondary N) is 1. The number of imide groups is 1. The molecule has 3 amide bonds. The third kappa shape index (κ3) is 3.26. The van der Waals surface area contributed by atoms with Crippen molar-refractivity contribution in [1.29, 1.82) is 0 Å². The molecule has 0 unspecified atom stereocenters. The van der Waals surface area contributed by atoms with Gasteiger partial charge in [0, 0.05) is 28.7 Å². The lowest BCUT2D eigenvalue weighted by molar-refractivity contribution is -0.130. The minimum absolute atomic E-state index is 0.181. The van der Waals surface area contributed by atoms with E-state index < -0.39 is 17.5 Å². The summed E-state index contributed by atoms with van der Waals surface area (Å²) in [4.78, 5) is 40.0. The molecular formula is C25H23N3O5. The molecule has 33 heavy (non-hydrogen) atoms. The molecule has 2 aliphatic heterocycles. The number of amides is 3. The third-order valence-corrected chi connectivity index (χ3v) is 6.27. The molecule has 8 nitrogen and oxygen atoms in total. The smallest absolute Gasteiger partial charge is 0.325 e. The zero-order valence-corrected chi connectivity index (χ0v) is 18.5. The summed E-state index contributed by atoms with van der Waals surface area (Å²) < 4.78 is 12.8. The number of hydrogen-bond acceptors (Lipinski definition) is 5. The number of aryl methyl sites for hydroxylation is 1. The number of nitrogens with zero attached hydrogens (tertiary/aromatic N) is 2. The zero-order chi connectivity index (χ0) is 23.3. The quantitative estimate of drug-likeness (QED) is 0.480. The summed E-state index contributed by atoms with van der Waals surface area (Å²) in [5.74, 6) is 0.567. The molecule has 1 saturated heterocycles. The first-order chi connectivity index (χ1) is 15.8. The average molecular weight is 445 g/mol. The molecule has 1 N–H and O–H groups in total. The van der Waals surface area contributed by atoms with E-state index in [1.807, 2.05) is 42.7 Å². The van der Waals surface area contributed by atoms with E-state index in [2.05, 4.69) is 5.32 Å². The Morgan fingerprint density at radius 3 is 2.52 bits per heavy atom. The Balaban J connectivity index is 1.41. The monoisotopic (exact) mass is 445 g/mol. The maximum absolute atomic E-state index is 13.2. The molecule has 0 aliphatic carbocycles. The van der Waals surface area contributed by atoms with Crippen LogP contribution in [0.2, 0.25) is 0 Å². The number of ketones is 1. The molecule has 1 fully saturated rings. The van der Waals surface area contributed by atoms with Crippen molar-refractivity contribution in [2.75, 3.05) is 13.3 Å². The Labute approximate surface area is 190 Å². The highest BCUT2D eigenvalue weighted by atomic mass is 16.7. The van der Waals surface area contributed by atoms with E-state index in [0.717, 1.165) is 16.3 Å². The predicted octanol–water partition coefficient (Wildman–Crippen LogP) is 3.47. The summed E-state index contributed by atoms with van der Waals surface area (Å²) in [5.41, 5.74) is 2.32. The highest BCUT2D eigenvalue weighted by molar-refractivity contribution is 6.11. The van der Waals surface area contributed by atoms with Gasteiger partial charge < -0.3 is 19.4 Å². The molecule has 3 heterocycles. The second-order valence-corrected chi connectivity index (χ2v) is 8.39. The maximum atomic E-state index is 13.2. The third-order valence-electron chi connectivity index (χ3n) is 6.27. The Kier molecular flexibility index (Phi) is 4.74. The molecule has 168 valence electrons. The van der Waals surface area contributed by atoms with Crippen molar-refractivity contribution in [1.82, 2.24) is 14.8 Å². The van der Waals surface area contributed by atoms with Crippen LogP contribution in [0.3, 0.4) is 0 Å². The summed E-state index contributed by atoms with van der Waals surface area (Å²) >= 11 is 0. The van der Waals surface area contributed by atoms with Crippen molar-refractivity contribution >= 4 is 17.7 Å². The average Bonchev–Trinajstić information content (AvgIpc) is 3.45. The fourth-order valence-corrected chi connectivity index (χ4v) is 4.50. The van der Waals surface area contributed by atoms with E-state index in [4.69, 9.17) is 9.47 Å². The van der Waals surface area contributed by atoms with E-state index >= 15 is 0 Å². The molecule has 2 aliphatic rings. The van der Waals surface area contributed by atoms with Gasteiger partial charge in [0.15, 0.2) is 17.3 Å². The van der Waals surface area contributed by atoms with Gasteiger partial charge in [0.2, 0.25) is 6.79 Å². The highest BCUT2D eigenvalue weighted by Gasteiger charge is 2.49. The van der Waals surface area contributed by atoms with Crippen LogP contribution in [-0.2, 0) is 10.3 Å². The van der Waals surface area contributed by atoms with E-state index in [9.17, 15) is 14.4 Å². The predicted molar refractivity (Wildman–Crippen MR) is 120 cm³/mol. The minimum Gasteiger partial charge on any atom is -0.454 e. The molecule has 0 saturated carbocycles. The summed E-state index contributed by atoms with van der Waals surface area (Å²) in [6.45, 7) is 5.23. The van der Waals surface area contributed by atoms with E-state index in [1.54, 1.807) is 37.3 Å². The number of benzene rings is 2. The van der Waals surface area contributed by atoms with E-state index in [-0.39, 0.29) is 19.1 Å². The molecule has 2 aromatic carbocycles. The van der Waals surface area contributed by atoms with Crippen molar-refractivity contribution in [3.05, 3.63) is 77.1 Å². The summed E-state index contributed by atoms with van der Waals surface area (Å²) in [5, 5.41) is 2.74. The fourth-order valence-electron chi connectivity index (χ4n) is 4.50. The molecule has 3 aromatic rings. The summed E-state index contributed by atoms with van der Waals surface area (Å²) in [7, 11) is 0. The second-order valence-electron chi connectivity index (χ2n) is 8.39. The number of fused-ring (bicyclic) bond motifs is 1. The van der Waals surface area contributed by atoms with Gasteiger partial charge in [0.25, 0.3) is 5.91 Å². The largest absolute Gasteiger partial charge is 0.454 e. The van der Waals surface area contributed by atoms with Crippen LogP contribution in [-0.4, -0.2) is 40.5 Å². The van der Waals surface area contributed by atoms with Gasteiger partial charge in [0.1, 0.15) is 5.54 Å². The lowest BCUT2D eigenvalue weighted by Crippen LogP contribution is -2.41. The van der Waals surface area contributed by atoms with E-state index in [0.29, 0.717) is 28.3 Å². The van der Waals surface area contributed by atoms with Crippen molar-refractivity contribution in [2.45, 2.75) is 26.3 Å². The first kappa shape index (κ1) is 20.8. The number of hydrogen-bond donors (Lipinski definition) is 1. The zero-order valence-electron chi connectivity index (χ0n) is 18.5. The SMILES string of the molecule is Cc1cc(C(=O)CN2C(=O)N[C@@](C)(c3ccccc3)C2=O)c(C)n1-c1ccc2c(c1)OCO2. The van der Waals surface area contributed by atoms with E-state index in [1.165, 1.54) is 0 Å². The molecule has 5 rings (SSSR count). The molecule has 1 atom stereocenters. The fraction of sp³-hybridized carbons (Fsp3) is 0.240. The van der Waals surface area contributed by atoms with Crippen molar-refractivity contribution in [3.63, 3.8) is 0 Å². The maximum Gasteiger partial charge on any atom is 0.325 e. The van der Waals surface area contributed by atoms with Crippen LogP contribution in [0.15, 0.2) is 54.6 Å². The van der Waals surface area contributed by atoms with Gasteiger partial charge in [-0.15, -0.1) is 0 Å². The minimum atomic E-state index is -1.21. The van der Waals surface area contributed by atoms with Gasteiger partial charge in [-0.2, -0.15) is 0 Å². The first-order valence-electron chi connectivity index (χ1n) is 10.6. The number of rotatable bonds is 5. The standard InChI is InChI=1S/C25H23N3O5/c1-15-11-19(16(2)28(15)18-9-10-21-22(12-18)33-14-32-21)20(29)13-27-23(30)25(3,26-24(27)31)17-7-5-4-6-8-17/h4-12H,13-14H2,1-3H3,(H,26,31)/t25-/m0/s1. The summed E-state index contributed by atoms with van der Waals surface area (Å²) in [6.07, 6.45) is 0. The van der Waals surface area contributed by atoms with Crippen LogP contribution in [0.5, 0.6) is 11.5 Å². The van der Waals surface area contributed by atoms with Gasteiger partial charge in [-0.3, -0.25) is 14.5 Å². The van der Waals surface area contributed by atoms with Crippen LogP contribution in [0.4, 0.5) is 4.79 Å². The number of ether oxygens (including phenoxy) is 2. The van der Waals surface area contributed by atoms with Crippen LogP contribution >= 0.6 is 0 Å². The Morgan fingerprint density at radius 1 is 1.03 bits per heavy atom. The number of Topliss-reactive ketones (excluding diaryl/α,β-unsaturated/α-hetero) is 1. The van der Waals surface area contributed by atoms with Crippen LogP contribution in [0.1, 0.15) is 34.2 Å². The van der Waals surface area contributed by atoms with Crippen molar-refractivity contribution < 1.29 is 23.9 Å². The number of aromatic nitrogens is 1. The second kappa shape index (κ2) is 7.51. The Bertz CT molecular complexity index is 1300. The molecule has 0 spiro atoms. The molecular weight excluding hydrogens is 422 g/mol. The topological polar surface area (TPSA) is 89.9 Å². The van der Waals surface area contributed by atoms with Gasteiger partial charge in [0.05, 0.1) is 6.54 Å². The van der Waals surface area contributed by atoms with Crippen LogP contribution in [0.25, 0.3) is 5.69 Å². The van der Waals surface area contributed by atoms with Crippen LogP contribution < -0.4 is 14.8 Å². The Morgan fingerprint density at radius 2 is 1.76 bits per heavy atom. The molecule has 1 aromatic heterocycles. The number of carbonyl (C=O) groups excluding carboxylic acids is 3. The number of urea groups is 1. The Hall–Kier alpha value is -4.07. The van der Waals surface area contributed by atoms with Crippen molar-refractivity contribution in [2.24, 2.45) is 0 Å². The van der Waals surface area contributed by atoms with Gasteiger partial charge in [-0.05, 0) is 44.5 Å². The molecule has 8 heteroatoms. The van der Waals surface area contributed by atoms with Gasteiger partial charge in [-0.25, -0.2) is 4.79 Å². The lowest BCUT2D eigenvalue weighted by Gasteiger charge is -2.22. The van der Waals surface area contributed by atoms with Crippen molar-refractivity contribution in [3.8, 4) is 17.2 Å². The molecule has 0 radical (unpaired) electrons. The normalized spacial score (nSPS) is 19.2. The molecule has 0 bridgehead atoms.